The van der Waals surface area contributed by atoms with Crippen LogP contribution in [0.3, 0.4) is 0 Å². The van der Waals surface area contributed by atoms with Gasteiger partial charge in [0.2, 0.25) is 0 Å². The molecular weight excluding hydrogens is 572 g/mol. The fraction of sp³-hybridized carbons (Fsp3) is 0.316. The lowest BCUT2D eigenvalue weighted by atomic mass is 9.82. The van der Waals surface area contributed by atoms with E-state index in [4.69, 9.17) is 0 Å². The van der Waals surface area contributed by atoms with Gasteiger partial charge in [-0.2, -0.15) is 0 Å². The molecule has 2 fully saturated rings. The Kier molecular flexibility index (Phi) is 8.01. The molecule has 3 aliphatic rings. The van der Waals surface area contributed by atoms with Crippen molar-refractivity contribution in [3.63, 3.8) is 0 Å². The maximum atomic E-state index is 14.2. The standard InChI is InChI=1S/C38H42N6O2/c1-23-19-27(43-15-11-39-12-16-43)20-24(2)35(23)41-31-9-10-32(34-33(31)37(45)29-7-5-6-8-30(29)38(34)46)42-36-25(3)21-28(22-26(36)4)44-17-13-40-14-18-44/h5-10,19-22,39-42H,11-18H2,1-4H3. The molecule has 4 aromatic rings. The molecule has 7 rings (SSSR count). The number of anilines is 6. The second kappa shape index (κ2) is 12.3. The first-order chi connectivity index (χ1) is 22.3. The van der Waals surface area contributed by atoms with Crippen molar-refractivity contribution in [1.29, 1.82) is 0 Å². The highest BCUT2D eigenvalue weighted by atomic mass is 16.1. The predicted octanol–water partition coefficient (Wildman–Crippen LogP) is 6.00. The summed E-state index contributed by atoms with van der Waals surface area (Å²) in [6.45, 7) is 16.2. The highest BCUT2D eigenvalue weighted by Crippen LogP contribution is 2.41. The third kappa shape index (κ3) is 5.42. The van der Waals surface area contributed by atoms with Gasteiger partial charge in [0.1, 0.15) is 0 Å². The summed E-state index contributed by atoms with van der Waals surface area (Å²) in [6, 6.07) is 19.9. The Morgan fingerprint density at radius 2 is 0.891 bits per heavy atom. The lowest BCUT2D eigenvalue weighted by molar-refractivity contribution is 0.0980. The molecule has 0 atom stereocenters. The van der Waals surface area contributed by atoms with Crippen LogP contribution in [0.1, 0.15) is 54.1 Å². The second-order valence-corrected chi connectivity index (χ2v) is 12.7. The summed E-state index contributed by atoms with van der Waals surface area (Å²) in [7, 11) is 0. The zero-order chi connectivity index (χ0) is 31.9. The number of carbonyl (C=O) groups is 2. The molecule has 8 nitrogen and oxygen atoms in total. The number of hydrogen-bond donors (Lipinski definition) is 4. The van der Waals surface area contributed by atoms with E-state index in [0.29, 0.717) is 33.6 Å². The van der Waals surface area contributed by atoms with Crippen LogP contribution in [0.5, 0.6) is 0 Å². The molecule has 0 radical (unpaired) electrons. The zero-order valence-electron chi connectivity index (χ0n) is 27.1. The molecule has 2 aliphatic heterocycles. The van der Waals surface area contributed by atoms with Crippen LogP contribution >= 0.6 is 0 Å². The smallest absolute Gasteiger partial charge is 0.196 e. The van der Waals surface area contributed by atoms with Crippen molar-refractivity contribution < 1.29 is 9.59 Å². The third-order valence-electron chi connectivity index (χ3n) is 9.59. The lowest BCUT2D eigenvalue weighted by Gasteiger charge is -2.31. The number of nitrogens with one attached hydrogen (secondary N) is 4. The van der Waals surface area contributed by atoms with E-state index in [1.54, 1.807) is 12.1 Å². The minimum atomic E-state index is -0.147. The summed E-state index contributed by atoms with van der Waals surface area (Å²) in [4.78, 5) is 33.2. The maximum absolute atomic E-state index is 14.2. The van der Waals surface area contributed by atoms with Crippen LogP contribution in [0.15, 0.2) is 60.7 Å². The molecule has 8 heteroatoms. The first-order valence-corrected chi connectivity index (χ1v) is 16.3. The quantitative estimate of drug-likeness (QED) is 0.185. The molecule has 46 heavy (non-hydrogen) atoms. The first kappa shape index (κ1) is 30.0. The van der Waals surface area contributed by atoms with E-state index in [0.717, 1.165) is 86.0 Å². The molecule has 4 N–H and O–H groups in total. The predicted molar refractivity (Wildman–Crippen MR) is 188 cm³/mol. The van der Waals surface area contributed by atoms with Crippen LogP contribution in [0.25, 0.3) is 0 Å². The van der Waals surface area contributed by atoms with Gasteiger partial charge in [0.05, 0.1) is 22.5 Å². The Morgan fingerprint density at radius 1 is 0.543 bits per heavy atom. The number of hydrogen-bond acceptors (Lipinski definition) is 8. The lowest BCUT2D eigenvalue weighted by Crippen LogP contribution is -2.43. The second-order valence-electron chi connectivity index (χ2n) is 12.7. The van der Waals surface area contributed by atoms with Crippen molar-refractivity contribution in [2.24, 2.45) is 0 Å². The monoisotopic (exact) mass is 614 g/mol. The number of nitrogens with zero attached hydrogens (tertiary/aromatic N) is 2. The van der Waals surface area contributed by atoms with Gasteiger partial charge in [-0.3, -0.25) is 9.59 Å². The Bertz CT molecular complexity index is 1670. The molecule has 0 amide bonds. The minimum absolute atomic E-state index is 0.147. The Hall–Kier alpha value is -4.66. The van der Waals surface area contributed by atoms with Gasteiger partial charge < -0.3 is 31.1 Å². The maximum Gasteiger partial charge on any atom is 0.196 e. The van der Waals surface area contributed by atoms with Gasteiger partial charge in [-0.25, -0.2) is 0 Å². The molecule has 4 aromatic carbocycles. The Morgan fingerprint density at radius 3 is 1.24 bits per heavy atom. The molecule has 2 saturated heterocycles. The van der Waals surface area contributed by atoms with E-state index in [1.807, 2.05) is 24.3 Å². The van der Waals surface area contributed by atoms with Crippen molar-refractivity contribution in [3.8, 4) is 0 Å². The van der Waals surface area contributed by atoms with Crippen molar-refractivity contribution in [3.05, 3.63) is 105 Å². The fourth-order valence-corrected chi connectivity index (χ4v) is 7.19. The van der Waals surface area contributed by atoms with E-state index in [-0.39, 0.29) is 11.6 Å². The summed E-state index contributed by atoms with van der Waals surface area (Å²) < 4.78 is 0. The molecule has 236 valence electrons. The first-order valence-electron chi connectivity index (χ1n) is 16.3. The van der Waals surface area contributed by atoms with E-state index >= 15 is 0 Å². The van der Waals surface area contributed by atoms with E-state index in [2.05, 4.69) is 83.0 Å². The van der Waals surface area contributed by atoms with Crippen molar-refractivity contribution in [1.82, 2.24) is 10.6 Å². The minimum Gasteiger partial charge on any atom is -0.369 e. The van der Waals surface area contributed by atoms with Crippen LogP contribution < -0.4 is 31.1 Å². The van der Waals surface area contributed by atoms with Gasteiger partial charge in [-0.15, -0.1) is 0 Å². The topological polar surface area (TPSA) is 88.7 Å². The molecule has 0 unspecified atom stereocenters. The average molecular weight is 615 g/mol. The SMILES string of the molecule is Cc1cc(N2CCNCC2)cc(C)c1Nc1ccc(Nc2c(C)cc(N3CCNCC3)cc2C)c2c1C(=O)c1ccccc1C2=O. The molecule has 2 heterocycles. The van der Waals surface area contributed by atoms with Gasteiger partial charge in [0, 0.05) is 86.2 Å². The summed E-state index contributed by atoms with van der Waals surface area (Å²) in [5, 5.41) is 14.0. The normalized spacial score (nSPS) is 16.3. The van der Waals surface area contributed by atoms with Gasteiger partial charge in [0.15, 0.2) is 11.6 Å². The van der Waals surface area contributed by atoms with Crippen LogP contribution in [-0.4, -0.2) is 63.9 Å². The van der Waals surface area contributed by atoms with Gasteiger partial charge in [-0.1, -0.05) is 24.3 Å². The Balaban J connectivity index is 1.29. The average Bonchev–Trinajstić information content (AvgIpc) is 3.07. The summed E-state index contributed by atoms with van der Waals surface area (Å²) in [5.74, 6) is -0.293. The van der Waals surface area contributed by atoms with Crippen LogP contribution in [0.2, 0.25) is 0 Å². The molecule has 0 bridgehead atoms. The highest BCUT2D eigenvalue weighted by molar-refractivity contribution is 6.32. The third-order valence-corrected chi connectivity index (χ3v) is 9.59. The molecule has 0 saturated carbocycles. The number of fused-ring (bicyclic) bond motifs is 2. The van der Waals surface area contributed by atoms with E-state index in [1.165, 1.54) is 11.4 Å². The molecular formula is C38H42N6O2. The molecule has 0 spiro atoms. The van der Waals surface area contributed by atoms with Gasteiger partial charge in [0.25, 0.3) is 0 Å². The van der Waals surface area contributed by atoms with Gasteiger partial charge >= 0.3 is 0 Å². The number of rotatable bonds is 6. The number of carbonyl (C=O) groups excluding carboxylic acids is 2. The van der Waals surface area contributed by atoms with Crippen molar-refractivity contribution >= 4 is 45.7 Å². The number of benzene rings is 4. The van der Waals surface area contributed by atoms with E-state index < -0.39 is 0 Å². The van der Waals surface area contributed by atoms with E-state index in [9.17, 15) is 9.59 Å². The molecule has 1 aliphatic carbocycles. The number of ketones is 2. The van der Waals surface area contributed by atoms with Crippen LogP contribution in [0, 0.1) is 27.7 Å². The summed E-state index contributed by atoms with van der Waals surface area (Å²) >= 11 is 0. The Labute approximate surface area is 271 Å². The van der Waals surface area contributed by atoms with Crippen LogP contribution in [-0.2, 0) is 0 Å². The number of piperazine rings is 2. The van der Waals surface area contributed by atoms with Crippen molar-refractivity contribution in [2.75, 3.05) is 72.8 Å². The van der Waals surface area contributed by atoms with Gasteiger partial charge in [-0.05, 0) is 86.3 Å². The summed E-state index contributed by atoms with van der Waals surface area (Å²) in [5.41, 5.74) is 11.7. The highest BCUT2D eigenvalue weighted by Gasteiger charge is 2.34. The molecule has 0 aromatic heterocycles. The van der Waals surface area contributed by atoms with Crippen molar-refractivity contribution in [2.45, 2.75) is 27.7 Å². The van der Waals surface area contributed by atoms with Crippen LogP contribution in [0.4, 0.5) is 34.1 Å². The number of aryl methyl sites for hydroxylation is 4. The largest absolute Gasteiger partial charge is 0.369 e. The fourth-order valence-electron chi connectivity index (χ4n) is 7.19. The summed E-state index contributed by atoms with van der Waals surface area (Å²) in [6.07, 6.45) is 0. The zero-order valence-corrected chi connectivity index (χ0v) is 27.1.